The monoisotopic (exact) mass is 263 g/mol. The first-order valence-electron chi connectivity index (χ1n) is 6.50. The van der Waals surface area contributed by atoms with Crippen LogP contribution < -0.4 is 9.64 Å². The van der Waals surface area contributed by atoms with E-state index in [-0.39, 0.29) is 12.5 Å². The van der Waals surface area contributed by atoms with Gasteiger partial charge in [0.05, 0.1) is 0 Å². The van der Waals surface area contributed by atoms with E-state index in [0.717, 1.165) is 19.5 Å². The van der Waals surface area contributed by atoms with Gasteiger partial charge in [-0.1, -0.05) is 12.8 Å². The first-order chi connectivity index (χ1) is 9.22. The summed E-state index contributed by atoms with van der Waals surface area (Å²) in [4.78, 5) is 9.83. The largest absolute Gasteiger partial charge is 0.462 e. The second-order valence-corrected chi connectivity index (χ2v) is 4.73. The first-order valence-corrected chi connectivity index (χ1v) is 6.50. The maximum absolute atomic E-state index is 14.3. The van der Waals surface area contributed by atoms with Gasteiger partial charge in [0, 0.05) is 13.1 Å². The van der Waals surface area contributed by atoms with Crippen LogP contribution in [-0.2, 0) is 0 Å². The van der Waals surface area contributed by atoms with Crippen molar-refractivity contribution in [3.63, 3.8) is 0 Å². The lowest BCUT2D eigenvalue weighted by Gasteiger charge is -2.31. The molecular formula is C14H18FN3O. The van der Waals surface area contributed by atoms with E-state index in [1.165, 1.54) is 12.7 Å². The van der Waals surface area contributed by atoms with Crippen LogP contribution in [0.1, 0.15) is 26.7 Å². The zero-order valence-electron chi connectivity index (χ0n) is 11.3. The maximum Gasteiger partial charge on any atom is 0.256 e. The zero-order chi connectivity index (χ0) is 13.7. The Bertz CT molecular complexity index is 495. The predicted octanol–water partition coefficient (Wildman–Crippen LogP) is 2.25. The van der Waals surface area contributed by atoms with Gasteiger partial charge >= 0.3 is 0 Å². The number of nitrogens with zero attached hydrogens (tertiary/aromatic N) is 3. The summed E-state index contributed by atoms with van der Waals surface area (Å²) in [6, 6.07) is 0. The summed E-state index contributed by atoms with van der Waals surface area (Å²) in [6.45, 7) is 5.66. The quantitative estimate of drug-likeness (QED) is 0.784. The van der Waals surface area contributed by atoms with Crippen molar-refractivity contribution in [3.8, 4) is 17.7 Å². The highest BCUT2D eigenvalue weighted by Gasteiger charge is 2.22. The van der Waals surface area contributed by atoms with Gasteiger partial charge in [-0.05, 0) is 25.7 Å². The Labute approximate surface area is 113 Å². The average Bonchev–Trinajstić information content (AvgIpc) is 2.41. The summed E-state index contributed by atoms with van der Waals surface area (Å²) in [6.07, 6.45) is 3.58. The van der Waals surface area contributed by atoms with E-state index in [2.05, 4.69) is 28.7 Å². The Morgan fingerprint density at radius 3 is 3.11 bits per heavy atom. The highest BCUT2D eigenvalue weighted by Crippen LogP contribution is 2.26. The smallest absolute Gasteiger partial charge is 0.256 e. The molecule has 2 heterocycles. The molecule has 0 N–H and O–H groups in total. The molecule has 1 aromatic heterocycles. The minimum Gasteiger partial charge on any atom is -0.462 e. The van der Waals surface area contributed by atoms with Crippen LogP contribution >= 0.6 is 0 Å². The van der Waals surface area contributed by atoms with Crippen LogP contribution in [0.3, 0.4) is 0 Å². The highest BCUT2D eigenvalue weighted by molar-refractivity contribution is 5.43. The van der Waals surface area contributed by atoms with Gasteiger partial charge in [-0.15, -0.1) is 5.92 Å². The maximum atomic E-state index is 14.3. The van der Waals surface area contributed by atoms with Crippen LogP contribution in [0.25, 0.3) is 0 Å². The van der Waals surface area contributed by atoms with E-state index >= 15 is 0 Å². The number of anilines is 1. The number of hydrogen-bond acceptors (Lipinski definition) is 4. The van der Waals surface area contributed by atoms with Crippen LogP contribution in [0.15, 0.2) is 6.33 Å². The van der Waals surface area contributed by atoms with Gasteiger partial charge in [-0.25, -0.2) is 4.98 Å². The van der Waals surface area contributed by atoms with Gasteiger partial charge in [0.15, 0.2) is 12.4 Å². The van der Waals surface area contributed by atoms with Crippen LogP contribution in [-0.4, -0.2) is 29.7 Å². The molecule has 1 atom stereocenters. The molecular weight excluding hydrogens is 245 g/mol. The molecule has 0 bridgehead atoms. The van der Waals surface area contributed by atoms with Crippen molar-refractivity contribution in [1.82, 2.24) is 9.97 Å². The fraction of sp³-hybridized carbons (Fsp3) is 0.571. The van der Waals surface area contributed by atoms with E-state index in [1.54, 1.807) is 6.92 Å². The van der Waals surface area contributed by atoms with Crippen molar-refractivity contribution < 1.29 is 9.13 Å². The molecule has 2 rings (SSSR count). The minimum absolute atomic E-state index is 0.0222. The number of piperidine rings is 1. The molecule has 1 unspecified atom stereocenters. The Morgan fingerprint density at radius 1 is 1.53 bits per heavy atom. The third-order valence-electron chi connectivity index (χ3n) is 3.15. The molecule has 5 heteroatoms. The molecule has 1 fully saturated rings. The molecule has 0 spiro atoms. The lowest BCUT2D eigenvalue weighted by atomic mass is 10.0. The van der Waals surface area contributed by atoms with Gasteiger partial charge < -0.3 is 9.64 Å². The predicted molar refractivity (Wildman–Crippen MR) is 71.5 cm³/mol. The lowest BCUT2D eigenvalue weighted by molar-refractivity contribution is 0.329. The number of aromatic nitrogens is 2. The standard InChI is InChI=1S/C14H18FN3O/c1-3-4-8-19-14-12(15)13(16-10-17-14)18-7-5-6-11(2)9-18/h10-11H,5-9H2,1-2H3. The van der Waals surface area contributed by atoms with Gasteiger partial charge in [0.25, 0.3) is 5.88 Å². The fourth-order valence-corrected chi connectivity index (χ4v) is 2.22. The van der Waals surface area contributed by atoms with Crippen molar-refractivity contribution in [2.75, 3.05) is 24.6 Å². The van der Waals surface area contributed by atoms with Crippen LogP contribution in [0.5, 0.6) is 5.88 Å². The SMILES string of the molecule is CC#CCOc1ncnc(N2CCCC(C)C2)c1F. The summed E-state index contributed by atoms with van der Waals surface area (Å²) < 4.78 is 19.5. The van der Waals surface area contributed by atoms with E-state index < -0.39 is 5.82 Å². The first kappa shape index (κ1) is 13.6. The molecule has 0 radical (unpaired) electrons. The topological polar surface area (TPSA) is 38.3 Å². The van der Waals surface area contributed by atoms with Crippen molar-refractivity contribution >= 4 is 5.82 Å². The van der Waals surface area contributed by atoms with E-state index in [0.29, 0.717) is 11.7 Å². The molecule has 19 heavy (non-hydrogen) atoms. The third-order valence-corrected chi connectivity index (χ3v) is 3.15. The molecule has 102 valence electrons. The Hall–Kier alpha value is -1.83. The van der Waals surface area contributed by atoms with Gasteiger partial charge in [-0.3, -0.25) is 0 Å². The van der Waals surface area contributed by atoms with Crippen molar-refractivity contribution in [2.45, 2.75) is 26.7 Å². The second kappa shape index (κ2) is 6.37. The lowest BCUT2D eigenvalue weighted by Crippen LogP contribution is -2.35. The van der Waals surface area contributed by atoms with Crippen molar-refractivity contribution in [2.24, 2.45) is 5.92 Å². The molecule has 1 aliphatic rings. The van der Waals surface area contributed by atoms with Crippen molar-refractivity contribution in [1.29, 1.82) is 0 Å². The summed E-state index contributed by atoms with van der Waals surface area (Å²) >= 11 is 0. The number of ether oxygens (including phenoxy) is 1. The Balaban J connectivity index is 2.15. The Kier molecular flexibility index (Phi) is 4.56. The summed E-state index contributed by atoms with van der Waals surface area (Å²) in [5.41, 5.74) is 0. The second-order valence-electron chi connectivity index (χ2n) is 4.73. The molecule has 0 saturated carbocycles. The summed E-state index contributed by atoms with van der Waals surface area (Å²) in [5, 5.41) is 0. The van der Waals surface area contributed by atoms with Crippen molar-refractivity contribution in [3.05, 3.63) is 12.1 Å². The number of hydrogen-bond donors (Lipinski definition) is 0. The average molecular weight is 263 g/mol. The molecule has 0 aliphatic carbocycles. The molecule has 1 aromatic rings. The zero-order valence-corrected chi connectivity index (χ0v) is 11.3. The molecule has 1 saturated heterocycles. The van der Waals surface area contributed by atoms with E-state index in [1.807, 2.05) is 4.90 Å². The normalized spacial score (nSPS) is 18.7. The summed E-state index contributed by atoms with van der Waals surface area (Å²) in [7, 11) is 0. The number of rotatable bonds is 3. The fourth-order valence-electron chi connectivity index (χ4n) is 2.22. The molecule has 0 amide bonds. The number of halogens is 1. The van der Waals surface area contributed by atoms with Crippen LogP contribution in [0, 0.1) is 23.6 Å². The van der Waals surface area contributed by atoms with E-state index in [9.17, 15) is 4.39 Å². The van der Waals surface area contributed by atoms with Gasteiger partial charge in [-0.2, -0.15) is 9.37 Å². The summed E-state index contributed by atoms with van der Waals surface area (Å²) in [5.74, 6) is 5.78. The van der Waals surface area contributed by atoms with Gasteiger partial charge in [0.1, 0.15) is 6.33 Å². The third kappa shape index (κ3) is 3.34. The van der Waals surface area contributed by atoms with Crippen LogP contribution in [0.2, 0.25) is 0 Å². The highest BCUT2D eigenvalue weighted by atomic mass is 19.1. The van der Waals surface area contributed by atoms with Crippen LogP contribution in [0.4, 0.5) is 10.2 Å². The molecule has 1 aliphatic heterocycles. The van der Waals surface area contributed by atoms with Gasteiger partial charge in [0.2, 0.25) is 5.82 Å². The molecule has 4 nitrogen and oxygen atoms in total. The molecule has 0 aromatic carbocycles. The minimum atomic E-state index is -0.491. The van der Waals surface area contributed by atoms with E-state index in [4.69, 9.17) is 4.74 Å². The Morgan fingerprint density at radius 2 is 2.37 bits per heavy atom.